The molecule has 2 unspecified atom stereocenters. The molecule has 0 spiro atoms. The van der Waals surface area contributed by atoms with Gasteiger partial charge in [0.25, 0.3) is 0 Å². The standard InChI is InChI=1S/C14H21N3O2S/c15-11-4-6-12(7-5-11)20(18,19)16-13-8-10-17-9-2-1-3-14(13)17/h4-7,13-14,16H,1-3,8-10,15H2. The van der Waals surface area contributed by atoms with Crippen LogP contribution >= 0.6 is 0 Å². The normalized spacial score (nSPS) is 27.4. The summed E-state index contributed by atoms with van der Waals surface area (Å²) in [6.07, 6.45) is 4.42. The highest BCUT2D eigenvalue weighted by Crippen LogP contribution is 2.28. The van der Waals surface area contributed by atoms with E-state index in [1.807, 2.05) is 0 Å². The van der Waals surface area contributed by atoms with Gasteiger partial charge in [0.1, 0.15) is 0 Å². The van der Waals surface area contributed by atoms with E-state index in [1.165, 1.54) is 12.8 Å². The topological polar surface area (TPSA) is 75.4 Å². The second-order valence-electron chi connectivity index (χ2n) is 5.68. The molecule has 2 saturated heterocycles. The summed E-state index contributed by atoms with van der Waals surface area (Å²) in [7, 11) is -3.44. The first-order valence-electron chi connectivity index (χ1n) is 7.18. The molecule has 3 N–H and O–H groups in total. The first-order valence-corrected chi connectivity index (χ1v) is 8.66. The molecular formula is C14H21N3O2S. The van der Waals surface area contributed by atoms with E-state index < -0.39 is 10.0 Å². The van der Waals surface area contributed by atoms with Crippen LogP contribution < -0.4 is 10.5 Å². The van der Waals surface area contributed by atoms with Crippen molar-refractivity contribution in [3.05, 3.63) is 24.3 Å². The fourth-order valence-corrected chi connectivity index (χ4v) is 4.60. The molecule has 1 aromatic rings. The molecule has 2 aliphatic rings. The zero-order chi connectivity index (χ0) is 14.2. The van der Waals surface area contributed by atoms with Gasteiger partial charge in [-0.3, -0.25) is 4.90 Å². The Hall–Kier alpha value is -1.11. The van der Waals surface area contributed by atoms with Gasteiger partial charge in [-0.25, -0.2) is 13.1 Å². The highest BCUT2D eigenvalue weighted by Gasteiger charge is 2.37. The van der Waals surface area contributed by atoms with Crippen molar-refractivity contribution in [2.75, 3.05) is 18.8 Å². The molecule has 0 bridgehead atoms. The summed E-state index contributed by atoms with van der Waals surface area (Å²) >= 11 is 0. The number of sulfonamides is 1. The molecule has 3 rings (SSSR count). The van der Waals surface area contributed by atoms with Crippen LogP contribution in [0, 0.1) is 0 Å². The Labute approximate surface area is 120 Å². The Bertz CT molecular complexity index is 571. The van der Waals surface area contributed by atoms with Crippen LogP contribution in [0.5, 0.6) is 0 Å². The summed E-state index contributed by atoms with van der Waals surface area (Å²) < 4.78 is 27.7. The Morgan fingerprint density at radius 1 is 1.10 bits per heavy atom. The number of nitrogens with zero attached hydrogens (tertiary/aromatic N) is 1. The fraction of sp³-hybridized carbons (Fsp3) is 0.571. The fourth-order valence-electron chi connectivity index (χ4n) is 3.30. The summed E-state index contributed by atoms with van der Waals surface area (Å²) in [5, 5.41) is 0. The highest BCUT2D eigenvalue weighted by atomic mass is 32.2. The highest BCUT2D eigenvalue weighted by molar-refractivity contribution is 7.89. The Morgan fingerprint density at radius 3 is 2.60 bits per heavy atom. The monoisotopic (exact) mass is 295 g/mol. The first-order chi connectivity index (χ1) is 9.56. The van der Waals surface area contributed by atoms with E-state index in [9.17, 15) is 8.42 Å². The molecular weight excluding hydrogens is 274 g/mol. The van der Waals surface area contributed by atoms with Gasteiger partial charge in [-0.05, 0) is 50.1 Å². The summed E-state index contributed by atoms with van der Waals surface area (Å²) in [5.41, 5.74) is 6.17. The van der Waals surface area contributed by atoms with Gasteiger partial charge >= 0.3 is 0 Å². The number of piperidine rings is 1. The van der Waals surface area contributed by atoms with Crippen LogP contribution in [0.4, 0.5) is 5.69 Å². The summed E-state index contributed by atoms with van der Waals surface area (Å²) in [6, 6.07) is 6.77. The van der Waals surface area contributed by atoms with Crippen LogP contribution in [0.2, 0.25) is 0 Å². The molecule has 0 aromatic heterocycles. The van der Waals surface area contributed by atoms with Crippen molar-refractivity contribution in [1.82, 2.24) is 9.62 Å². The van der Waals surface area contributed by atoms with Crippen LogP contribution in [-0.2, 0) is 10.0 Å². The summed E-state index contributed by atoms with van der Waals surface area (Å²) in [4.78, 5) is 2.71. The lowest BCUT2D eigenvalue weighted by Crippen LogP contribution is -2.46. The number of fused-ring (bicyclic) bond motifs is 1. The van der Waals surface area contributed by atoms with Gasteiger partial charge in [0.05, 0.1) is 4.90 Å². The third-order valence-corrected chi connectivity index (χ3v) is 5.86. The van der Waals surface area contributed by atoms with E-state index in [-0.39, 0.29) is 6.04 Å². The minimum absolute atomic E-state index is 0.0397. The Balaban J connectivity index is 1.75. The SMILES string of the molecule is Nc1ccc(S(=O)(=O)NC2CCN3CCCCC23)cc1. The van der Waals surface area contributed by atoms with E-state index in [2.05, 4.69) is 9.62 Å². The van der Waals surface area contributed by atoms with Crippen LogP contribution in [-0.4, -0.2) is 38.5 Å². The van der Waals surface area contributed by atoms with Gasteiger partial charge in [-0.15, -0.1) is 0 Å². The lowest BCUT2D eigenvalue weighted by Gasteiger charge is -2.32. The molecule has 0 radical (unpaired) electrons. The van der Waals surface area contributed by atoms with E-state index in [0.29, 0.717) is 16.6 Å². The largest absolute Gasteiger partial charge is 0.399 e. The predicted molar refractivity (Wildman–Crippen MR) is 78.8 cm³/mol. The number of hydrogen-bond donors (Lipinski definition) is 2. The van der Waals surface area contributed by atoms with Gasteiger partial charge in [-0.2, -0.15) is 0 Å². The number of benzene rings is 1. The molecule has 2 atom stereocenters. The van der Waals surface area contributed by atoms with Crippen LogP contribution in [0.1, 0.15) is 25.7 Å². The summed E-state index contributed by atoms with van der Waals surface area (Å²) in [5.74, 6) is 0. The lowest BCUT2D eigenvalue weighted by molar-refractivity contribution is 0.186. The second-order valence-corrected chi connectivity index (χ2v) is 7.40. The van der Waals surface area contributed by atoms with Gasteiger partial charge in [0.15, 0.2) is 0 Å². The smallest absolute Gasteiger partial charge is 0.240 e. The molecule has 0 amide bonds. The van der Waals surface area contributed by atoms with Crippen molar-refractivity contribution in [2.24, 2.45) is 0 Å². The van der Waals surface area contributed by atoms with Gasteiger partial charge in [0, 0.05) is 24.3 Å². The number of nitrogen functional groups attached to an aromatic ring is 1. The van der Waals surface area contributed by atoms with Crippen LogP contribution in [0.25, 0.3) is 0 Å². The zero-order valence-electron chi connectivity index (χ0n) is 11.5. The number of rotatable bonds is 3. The molecule has 2 heterocycles. The molecule has 0 aliphatic carbocycles. The molecule has 20 heavy (non-hydrogen) atoms. The van der Waals surface area contributed by atoms with Crippen molar-refractivity contribution in [3.8, 4) is 0 Å². The number of nitrogens with two attached hydrogens (primary N) is 1. The molecule has 6 heteroatoms. The second kappa shape index (κ2) is 5.35. The van der Waals surface area contributed by atoms with E-state index in [0.717, 1.165) is 25.9 Å². The van der Waals surface area contributed by atoms with Crippen molar-refractivity contribution in [2.45, 2.75) is 42.7 Å². The van der Waals surface area contributed by atoms with Crippen LogP contribution in [0.15, 0.2) is 29.2 Å². The van der Waals surface area contributed by atoms with E-state index >= 15 is 0 Å². The maximum Gasteiger partial charge on any atom is 0.240 e. The summed E-state index contributed by atoms with van der Waals surface area (Å²) in [6.45, 7) is 2.10. The number of anilines is 1. The quantitative estimate of drug-likeness (QED) is 0.821. The van der Waals surface area contributed by atoms with Crippen molar-refractivity contribution < 1.29 is 8.42 Å². The minimum Gasteiger partial charge on any atom is -0.399 e. The molecule has 110 valence electrons. The molecule has 0 saturated carbocycles. The van der Waals surface area contributed by atoms with Crippen molar-refractivity contribution in [3.63, 3.8) is 0 Å². The zero-order valence-corrected chi connectivity index (χ0v) is 12.3. The van der Waals surface area contributed by atoms with Crippen molar-refractivity contribution >= 4 is 15.7 Å². The third kappa shape index (κ3) is 2.68. The van der Waals surface area contributed by atoms with E-state index in [4.69, 9.17) is 5.73 Å². The van der Waals surface area contributed by atoms with Crippen molar-refractivity contribution in [1.29, 1.82) is 0 Å². The molecule has 2 fully saturated rings. The number of hydrogen-bond acceptors (Lipinski definition) is 4. The van der Waals surface area contributed by atoms with Gasteiger partial charge < -0.3 is 5.73 Å². The van der Waals surface area contributed by atoms with Gasteiger partial charge in [0.2, 0.25) is 10.0 Å². The van der Waals surface area contributed by atoms with E-state index in [1.54, 1.807) is 24.3 Å². The molecule has 1 aromatic carbocycles. The maximum absolute atomic E-state index is 12.4. The molecule has 2 aliphatic heterocycles. The van der Waals surface area contributed by atoms with Gasteiger partial charge in [-0.1, -0.05) is 6.42 Å². The minimum atomic E-state index is -3.44. The first kappa shape index (κ1) is 13.9. The van der Waals surface area contributed by atoms with Crippen LogP contribution in [0.3, 0.4) is 0 Å². The Kier molecular flexibility index (Phi) is 3.70. The Morgan fingerprint density at radius 2 is 1.85 bits per heavy atom. The average Bonchev–Trinajstić information content (AvgIpc) is 2.82. The molecule has 5 nitrogen and oxygen atoms in total. The average molecular weight is 295 g/mol. The number of nitrogens with one attached hydrogen (secondary N) is 1. The third-order valence-electron chi connectivity index (χ3n) is 4.35. The lowest BCUT2D eigenvalue weighted by atomic mass is 10.00. The maximum atomic E-state index is 12.4. The predicted octanol–water partition coefficient (Wildman–Crippen LogP) is 1.17.